The lowest BCUT2D eigenvalue weighted by Crippen LogP contribution is -2.45. The van der Waals surface area contributed by atoms with Crippen LogP contribution in [-0.4, -0.2) is 10.9 Å². The highest BCUT2D eigenvalue weighted by Gasteiger charge is 2.57. The van der Waals surface area contributed by atoms with Crippen molar-refractivity contribution in [3.8, 4) is 0 Å². The quantitative estimate of drug-likeness (QED) is 0.766. The molecule has 2 fully saturated rings. The second kappa shape index (κ2) is 6.11. The van der Waals surface area contributed by atoms with E-state index in [0.29, 0.717) is 41.6 Å². The summed E-state index contributed by atoms with van der Waals surface area (Å²) < 4.78 is 0. The van der Waals surface area contributed by atoms with Crippen molar-refractivity contribution in [3.63, 3.8) is 0 Å². The molecule has 0 bridgehead atoms. The van der Waals surface area contributed by atoms with Gasteiger partial charge < -0.3 is 5.11 Å². The zero-order valence-electron chi connectivity index (χ0n) is 15.4. The third kappa shape index (κ3) is 2.41. The lowest BCUT2D eigenvalue weighted by atomic mass is 9.53. The first-order chi connectivity index (χ1) is 12.7. The summed E-state index contributed by atoms with van der Waals surface area (Å²) in [7, 11) is 0. The predicted molar refractivity (Wildman–Crippen MR) is 103 cm³/mol. The van der Waals surface area contributed by atoms with Gasteiger partial charge in [0.15, 0.2) is 0 Å². The number of aliphatic hydroxyl groups excluding tert-OH is 1. The molecule has 2 heteroatoms. The number of allylic oxidation sites excluding steroid dienone is 4. The molecule has 5 rings (SSSR count). The molecule has 0 amide bonds. The number of aliphatic hydroxyl groups is 1. The molecule has 0 aliphatic heterocycles. The maximum Gasteiger partial charge on any atom is 0.139 e. The average molecular weight is 348 g/mol. The molecule has 2 saturated carbocycles. The van der Waals surface area contributed by atoms with E-state index in [2.05, 4.69) is 30.3 Å². The van der Waals surface area contributed by atoms with E-state index in [1.807, 2.05) is 6.08 Å². The number of Topliss-reactive ketones (excluding diaryl/α,β-unsaturated/α-hetero) is 1. The largest absolute Gasteiger partial charge is 0.512 e. The Bertz CT molecular complexity index is 789. The van der Waals surface area contributed by atoms with Crippen molar-refractivity contribution in [1.29, 1.82) is 0 Å². The maximum atomic E-state index is 13.1. The third-order valence-corrected chi connectivity index (χ3v) is 7.85. The fourth-order valence-electron chi connectivity index (χ4n) is 6.81. The molecule has 1 aromatic rings. The van der Waals surface area contributed by atoms with Gasteiger partial charge >= 0.3 is 0 Å². The molecule has 26 heavy (non-hydrogen) atoms. The minimum absolute atomic E-state index is 0.125. The summed E-state index contributed by atoms with van der Waals surface area (Å²) in [5.41, 5.74) is 2.98. The molecule has 0 spiro atoms. The van der Waals surface area contributed by atoms with Crippen molar-refractivity contribution >= 4 is 5.78 Å². The van der Waals surface area contributed by atoms with Gasteiger partial charge in [0.05, 0.1) is 5.76 Å². The Labute approximate surface area is 156 Å². The Balaban J connectivity index is 1.45. The summed E-state index contributed by atoms with van der Waals surface area (Å²) in [5, 5.41) is 9.93. The van der Waals surface area contributed by atoms with Crippen molar-refractivity contribution in [1.82, 2.24) is 0 Å². The lowest BCUT2D eigenvalue weighted by molar-refractivity contribution is -0.132. The lowest BCUT2D eigenvalue weighted by Gasteiger charge is -2.50. The number of rotatable bonds is 2. The van der Waals surface area contributed by atoms with Gasteiger partial charge in [0.25, 0.3) is 0 Å². The average Bonchev–Trinajstić information content (AvgIpc) is 2.98. The van der Waals surface area contributed by atoms with Crippen molar-refractivity contribution in [2.24, 2.45) is 23.2 Å². The molecular formula is C24H28O2. The van der Waals surface area contributed by atoms with E-state index in [1.54, 1.807) is 11.6 Å². The van der Waals surface area contributed by atoms with E-state index in [0.717, 1.165) is 32.1 Å². The van der Waals surface area contributed by atoms with Gasteiger partial charge in [-0.25, -0.2) is 0 Å². The van der Waals surface area contributed by atoms with E-state index < -0.39 is 0 Å². The van der Waals surface area contributed by atoms with Crippen LogP contribution in [0, 0.1) is 23.2 Å². The monoisotopic (exact) mass is 348 g/mol. The number of ketones is 1. The Hall–Kier alpha value is -1.83. The minimum Gasteiger partial charge on any atom is -0.512 e. The first-order valence-electron chi connectivity index (χ1n) is 10.3. The van der Waals surface area contributed by atoms with Crippen LogP contribution in [0.2, 0.25) is 0 Å². The number of carbonyl (C=O) groups is 1. The first-order valence-corrected chi connectivity index (χ1v) is 10.3. The van der Waals surface area contributed by atoms with Gasteiger partial charge in [-0.05, 0) is 79.4 Å². The summed E-state index contributed by atoms with van der Waals surface area (Å²) in [5.74, 6) is 3.17. The number of carbonyl (C=O) groups excluding carboxylic acids is 1. The highest BCUT2D eigenvalue weighted by atomic mass is 16.3. The van der Waals surface area contributed by atoms with E-state index in [4.69, 9.17) is 0 Å². The molecule has 4 aliphatic carbocycles. The Morgan fingerprint density at radius 2 is 2.00 bits per heavy atom. The fourth-order valence-corrected chi connectivity index (χ4v) is 6.81. The van der Waals surface area contributed by atoms with Crippen molar-refractivity contribution < 1.29 is 9.90 Å². The maximum absolute atomic E-state index is 13.1. The van der Waals surface area contributed by atoms with Gasteiger partial charge in [-0.3, -0.25) is 4.79 Å². The summed E-state index contributed by atoms with van der Waals surface area (Å²) >= 11 is 0. The molecule has 0 heterocycles. The molecule has 2 nitrogen and oxygen atoms in total. The first kappa shape index (κ1) is 16.4. The van der Waals surface area contributed by atoms with E-state index in [9.17, 15) is 9.90 Å². The molecule has 5 atom stereocenters. The number of benzene rings is 1. The second-order valence-corrected chi connectivity index (χ2v) is 8.98. The number of aryl methyl sites for hydroxylation is 1. The van der Waals surface area contributed by atoms with Crippen LogP contribution in [0.3, 0.4) is 0 Å². The van der Waals surface area contributed by atoms with Crippen molar-refractivity contribution in [2.45, 2.75) is 57.3 Å². The van der Waals surface area contributed by atoms with Crippen LogP contribution in [0.5, 0.6) is 0 Å². The van der Waals surface area contributed by atoms with Gasteiger partial charge in [0, 0.05) is 18.3 Å². The van der Waals surface area contributed by atoms with Gasteiger partial charge in [-0.15, -0.1) is 0 Å². The SMILES string of the molecule is O=C1CC[C@H]2[C@@H]3CCc4ccccc4[C@H]3CC[C@]12CC1C=CC=C(O)C1. The predicted octanol–water partition coefficient (Wildman–Crippen LogP) is 5.50. The number of hydrogen-bond donors (Lipinski definition) is 1. The highest BCUT2D eigenvalue weighted by Crippen LogP contribution is 2.62. The summed E-state index contributed by atoms with van der Waals surface area (Å²) in [4.78, 5) is 13.1. The molecule has 1 unspecified atom stereocenters. The Morgan fingerprint density at radius 3 is 2.88 bits per heavy atom. The standard InChI is InChI=1S/C24H28O2/c25-18-6-3-4-16(14-18)15-24-13-12-20-19-7-2-1-5-17(19)8-9-21(20)22(24)10-11-23(24)26/h1-7,16,20-22,25H,8-15H2/t16?,20-,21-,22+,24-/m1/s1. The van der Waals surface area contributed by atoms with E-state index in [1.165, 1.54) is 18.4 Å². The molecule has 0 aromatic heterocycles. The van der Waals surface area contributed by atoms with E-state index >= 15 is 0 Å². The van der Waals surface area contributed by atoms with Crippen molar-refractivity contribution in [3.05, 3.63) is 59.4 Å². The zero-order chi connectivity index (χ0) is 17.7. The van der Waals surface area contributed by atoms with Crippen LogP contribution in [-0.2, 0) is 11.2 Å². The Kier molecular flexibility index (Phi) is 3.84. The van der Waals surface area contributed by atoms with Crippen LogP contribution >= 0.6 is 0 Å². The molecule has 4 aliphatic rings. The van der Waals surface area contributed by atoms with E-state index in [-0.39, 0.29) is 5.41 Å². The van der Waals surface area contributed by atoms with Crippen LogP contribution in [0.25, 0.3) is 0 Å². The van der Waals surface area contributed by atoms with Gasteiger partial charge in [-0.2, -0.15) is 0 Å². The van der Waals surface area contributed by atoms with Crippen LogP contribution in [0.1, 0.15) is 62.0 Å². The van der Waals surface area contributed by atoms with Crippen LogP contribution in [0.4, 0.5) is 0 Å². The Morgan fingerprint density at radius 1 is 1.12 bits per heavy atom. The number of fused-ring (bicyclic) bond motifs is 5. The summed E-state index contributed by atoms with van der Waals surface area (Å²) in [6.45, 7) is 0. The topological polar surface area (TPSA) is 37.3 Å². The molecular weight excluding hydrogens is 320 g/mol. The van der Waals surface area contributed by atoms with Gasteiger partial charge in [-0.1, -0.05) is 36.4 Å². The third-order valence-electron chi connectivity index (χ3n) is 7.85. The summed E-state index contributed by atoms with van der Waals surface area (Å²) in [6.07, 6.45) is 14.1. The highest BCUT2D eigenvalue weighted by molar-refractivity contribution is 5.87. The van der Waals surface area contributed by atoms with Crippen LogP contribution < -0.4 is 0 Å². The fraction of sp³-hybridized carbons (Fsp3) is 0.542. The molecule has 0 saturated heterocycles. The minimum atomic E-state index is -0.125. The van der Waals surface area contributed by atoms with Gasteiger partial charge in [0.1, 0.15) is 5.78 Å². The molecule has 1 N–H and O–H groups in total. The molecule has 136 valence electrons. The van der Waals surface area contributed by atoms with Crippen molar-refractivity contribution in [2.75, 3.05) is 0 Å². The number of hydrogen-bond acceptors (Lipinski definition) is 2. The smallest absolute Gasteiger partial charge is 0.139 e. The zero-order valence-corrected chi connectivity index (χ0v) is 15.4. The molecule has 1 aromatic carbocycles. The normalized spacial score (nSPS) is 38.3. The summed E-state index contributed by atoms with van der Waals surface area (Å²) in [6, 6.07) is 8.99. The van der Waals surface area contributed by atoms with Gasteiger partial charge in [0.2, 0.25) is 0 Å². The van der Waals surface area contributed by atoms with Crippen LogP contribution in [0.15, 0.2) is 48.3 Å². The molecule has 0 radical (unpaired) electrons. The second-order valence-electron chi connectivity index (χ2n) is 8.98.